The summed E-state index contributed by atoms with van der Waals surface area (Å²) in [4.78, 5) is 16.9. The number of carbonyl (C=O) groups excluding carboxylic acids is 1. The lowest BCUT2D eigenvalue weighted by Gasteiger charge is -2.19. The number of carbonyl (C=O) groups is 1. The molecule has 7 heteroatoms. The molecule has 2 aromatic carbocycles. The Morgan fingerprint density at radius 2 is 2.07 bits per heavy atom. The predicted octanol–water partition coefficient (Wildman–Crippen LogP) is 4.70. The van der Waals surface area contributed by atoms with Crippen LogP contribution in [-0.2, 0) is 18.3 Å². The summed E-state index contributed by atoms with van der Waals surface area (Å²) < 4.78 is 15.5. The van der Waals surface area contributed by atoms with E-state index in [9.17, 15) is 9.18 Å². The Kier molecular flexibility index (Phi) is 6.14. The molecule has 27 heavy (non-hydrogen) atoms. The van der Waals surface area contributed by atoms with Crippen molar-refractivity contribution in [2.24, 2.45) is 7.05 Å². The Labute approximate surface area is 166 Å². The highest BCUT2D eigenvalue weighted by Gasteiger charge is 2.21. The average molecular weight is 406 g/mol. The second-order valence-electron chi connectivity index (χ2n) is 6.19. The van der Waals surface area contributed by atoms with Crippen molar-refractivity contribution in [3.63, 3.8) is 0 Å². The number of rotatable bonds is 6. The van der Waals surface area contributed by atoms with Gasteiger partial charge in [0.1, 0.15) is 17.7 Å². The molecule has 3 rings (SSSR count). The first-order valence-electron chi connectivity index (χ1n) is 8.40. The number of benzene rings is 2. The van der Waals surface area contributed by atoms with E-state index in [0.717, 1.165) is 5.56 Å². The number of imidazole rings is 1. The highest BCUT2D eigenvalue weighted by molar-refractivity contribution is 6.35. The molecule has 1 aromatic heterocycles. The summed E-state index contributed by atoms with van der Waals surface area (Å²) >= 11 is 12.1. The molecule has 0 saturated carbocycles. The molecule has 0 aliphatic heterocycles. The zero-order valence-corrected chi connectivity index (χ0v) is 16.1. The van der Waals surface area contributed by atoms with Crippen LogP contribution < -0.4 is 5.32 Å². The van der Waals surface area contributed by atoms with Crippen LogP contribution in [0.3, 0.4) is 0 Å². The van der Waals surface area contributed by atoms with Gasteiger partial charge < -0.3 is 9.88 Å². The number of halogens is 3. The first-order chi connectivity index (χ1) is 12.9. The number of hydrogen-bond acceptors (Lipinski definition) is 2. The van der Waals surface area contributed by atoms with Crippen molar-refractivity contribution >= 4 is 29.1 Å². The maximum Gasteiger partial charge on any atom is 0.221 e. The molecule has 0 bridgehead atoms. The number of nitrogens with one attached hydrogen (secondary N) is 1. The van der Waals surface area contributed by atoms with Gasteiger partial charge >= 0.3 is 0 Å². The Bertz CT molecular complexity index is 958. The number of nitrogens with zero attached hydrogens (tertiary/aromatic N) is 2. The van der Waals surface area contributed by atoms with E-state index in [1.165, 1.54) is 12.1 Å². The maximum atomic E-state index is 13.7. The summed E-state index contributed by atoms with van der Waals surface area (Å²) in [5.74, 6) is 0.0747. The monoisotopic (exact) mass is 405 g/mol. The van der Waals surface area contributed by atoms with Gasteiger partial charge in [0.05, 0.1) is 0 Å². The topological polar surface area (TPSA) is 46.9 Å². The summed E-state index contributed by atoms with van der Waals surface area (Å²) in [5.41, 5.74) is 1.47. The molecule has 1 N–H and O–H groups in total. The van der Waals surface area contributed by atoms with Gasteiger partial charge in [-0.3, -0.25) is 4.79 Å². The molecule has 1 unspecified atom stereocenters. The second kappa shape index (κ2) is 8.55. The highest BCUT2D eigenvalue weighted by atomic mass is 35.5. The number of hydrogen-bond donors (Lipinski definition) is 1. The average Bonchev–Trinajstić information content (AvgIpc) is 3.04. The standard InChI is InChI=1S/C20H18Cl2FN3O/c1-26-10-9-24-20(26)19(14-3-2-4-16(23)11-14)25-18(27)8-6-13-5-7-15(21)12-17(13)22/h2-5,7,9-12,19H,6,8H2,1H3,(H,25,27). The van der Waals surface area contributed by atoms with E-state index in [2.05, 4.69) is 10.3 Å². The SMILES string of the molecule is Cn1ccnc1C(NC(=O)CCc1ccc(Cl)cc1Cl)c1cccc(F)c1. The number of amides is 1. The maximum absolute atomic E-state index is 13.7. The van der Waals surface area contributed by atoms with Crippen LogP contribution >= 0.6 is 23.2 Å². The van der Waals surface area contributed by atoms with Gasteiger partial charge in [-0.05, 0) is 41.8 Å². The van der Waals surface area contributed by atoms with Crippen LogP contribution in [0.5, 0.6) is 0 Å². The van der Waals surface area contributed by atoms with Gasteiger partial charge in [0.2, 0.25) is 5.91 Å². The van der Waals surface area contributed by atoms with Crippen molar-refractivity contribution in [1.82, 2.24) is 14.9 Å². The Morgan fingerprint density at radius 1 is 1.26 bits per heavy atom. The minimum Gasteiger partial charge on any atom is -0.342 e. The van der Waals surface area contributed by atoms with Crippen molar-refractivity contribution in [2.45, 2.75) is 18.9 Å². The van der Waals surface area contributed by atoms with Crippen molar-refractivity contribution in [2.75, 3.05) is 0 Å². The quantitative estimate of drug-likeness (QED) is 0.645. The van der Waals surface area contributed by atoms with E-state index in [1.807, 2.05) is 7.05 Å². The van der Waals surface area contributed by atoms with Gasteiger partial charge in [-0.2, -0.15) is 0 Å². The zero-order chi connectivity index (χ0) is 19.4. The predicted molar refractivity (Wildman–Crippen MR) is 104 cm³/mol. The fourth-order valence-electron chi connectivity index (χ4n) is 2.84. The summed E-state index contributed by atoms with van der Waals surface area (Å²) in [7, 11) is 1.83. The first kappa shape index (κ1) is 19.4. The molecule has 1 atom stereocenters. The number of aromatic nitrogens is 2. The molecule has 140 valence electrons. The van der Waals surface area contributed by atoms with Crippen molar-refractivity contribution in [3.05, 3.63) is 87.7 Å². The third-order valence-corrected chi connectivity index (χ3v) is 4.83. The minimum absolute atomic E-state index is 0.182. The van der Waals surface area contributed by atoms with Crippen LogP contribution in [0.1, 0.15) is 29.4 Å². The molecule has 4 nitrogen and oxygen atoms in total. The molecule has 0 radical (unpaired) electrons. The molecule has 1 heterocycles. The van der Waals surface area contributed by atoms with Crippen molar-refractivity contribution in [1.29, 1.82) is 0 Å². The van der Waals surface area contributed by atoms with Crippen LogP contribution in [-0.4, -0.2) is 15.5 Å². The van der Waals surface area contributed by atoms with Crippen LogP contribution in [0.25, 0.3) is 0 Å². The summed E-state index contributed by atoms with van der Waals surface area (Å²) in [6.45, 7) is 0. The van der Waals surface area contributed by atoms with Gasteiger partial charge in [0.15, 0.2) is 0 Å². The summed E-state index contributed by atoms with van der Waals surface area (Å²) in [6, 6.07) is 10.8. The van der Waals surface area contributed by atoms with E-state index in [-0.39, 0.29) is 18.1 Å². The van der Waals surface area contributed by atoms with E-state index < -0.39 is 6.04 Å². The lowest BCUT2D eigenvalue weighted by atomic mass is 10.0. The Hall–Kier alpha value is -2.37. The molecule has 0 saturated heterocycles. The fraction of sp³-hybridized carbons (Fsp3) is 0.200. The van der Waals surface area contributed by atoms with E-state index in [1.54, 1.807) is 47.3 Å². The lowest BCUT2D eigenvalue weighted by molar-refractivity contribution is -0.121. The molecule has 0 aliphatic carbocycles. The molecule has 3 aromatic rings. The van der Waals surface area contributed by atoms with Gasteiger partial charge in [-0.15, -0.1) is 0 Å². The normalized spacial score (nSPS) is 12.0. The third kappa shape index (κ3) is 4.87. The highest BCUT2D eigenvalue weighted by Crippen LogP contribution is 2.24. The van der Waals surface area contributed by atoms with Crippen LogP contribution in [0.2, 0.25) is 10.0 Å². The smallest absolute Gasteiger partial charge is 0.221 e. The van der Waals surface area contributed by atoms with Crippen LogP contribution in [0.15, 0.2) is 54.9 Å². The molecule has 0 aliphatic rings. The van der Waals surface area contributed by atoms with Gasteiger partial charge in [-0.25, -0.2) is 9.37 Å². The van der Waals surface area contributed by atoms with Crippen molar-refractivity contribution < 1.29 is 9.18 Å². The summed E-state index contributed by atoms with van der Waals surface area (Å²) in [5, 5.41) is 4.03. The fourth-order valence-corrected chi connectivity index (χ4v) is 3.35. The van der Waals surface area contributed by atoms with Gasteiger partial charge in [0.25, 0.3) is 0 Å². The molecular formula is C20H18Cl2FN3O. The van der Waals surface area contributed by atoms with E-state index in [4.69, 9.17) is 23.2 Å². The minimum atomic E-state index is -0.547. The Morgan fingerprint density at radius 3 is 2.74 bits per heavy atom. The van der Waals surface area contributed by atoms with Crippen LogP contribution in [0.4, 0.5) is 4.39 Å². The van der Waals surface area contributed by atoms with Gasteiger partial charge in [0, 0.05) is 35.9 Å². The lowest BCUT2D eigenvalue weighted by Crippen LogP contribution is -2.31. The Balaban J connectivity index is 1.76. The zero-order valence-electron chi connectivity index (χ0n) is 14.6. The summed E-state index contributed by atoms with van der Waals surface area (Å²) in [6.07, 6.45) is 4.12. The second-order valence-corrected chi connectivity index (χ2v) is 7.03. The first-order valence-corrected chi connectivity index (χ1v) is 9.15. The van der Waals surface area contributed by atoms with Crippen LogP contribution in [0, 0.1) is 5.82 Å². The largest absolute Gasteiger partial charge is 0.342 e. The molecule has 1 amide bonds. The molecule has 0 fully saturated rings. The van der Waals surface area contributed by atoms with E-state index in [0.29, 0.717) is 27.9 Å². The third-order valence-electron chi connectivity index (χ3n) is 4.24. The van der Waals surface area contributed by atoms with E-state index >= 15 is 0 Å². The molecule has 0 spiro atoms. The van der Waals surface area contributed by atoms with Gasteiger partial charge in [-0.1, -0.05) is 41.4 Å². The number of aryl methyl sites for hydroxylation is 2. The van der Waals surface area contributed by atoms with Crippen molar-refractivity contribution in [3.8, 4) is 0 Å². The molecular weight excluding hydrogens is 388 g/mol.